The molecule has 0 saturated carbocycles. The number of piperazine rings is 1. The molecule has 2 N–H and O–H groups in total. The van der Waals surface area contributed by atoms with E-state index in [1.807, 2.05) is 11.9 Å². The Morgan fingerprint density at radius 1 is 0.980 bits per heavy atom. The van der Waals surface area contributed by atoms with Crippen LogP contribution in [0, 0.1) is 18.6 Å². The quantitative estimate of drug-likeness (QED) is 0.190. The lowest BCUT2D eigenvalue weighted by Crippen LogP contribution is -2.47. The number of fused-ring (bicyclic) bond motifs is 1. The molecule has 0 radical (unpaired) electrons. The molecular formula is C36H48F2N8O3. The highest BCUT2D eigenvalue weighted by atomic mass is 19.1. The number of hydrogen-bond acceptors (Lipinski definition) is 8. The average Bonchev–Trinajstić information content (AvgIpc) is 3.52. The fourth-order valence-electron chi connectivity index (χ4n) is 5.46. The topological polar surface area (TPSA) is 110 Å². The van der Waals surface area contributed by atoms with Crippen molar-refractivity contribution >= 4 is 34.2 Å². The molecule has 0 aliphatic carbocycles. The molecule has 11 nitrogen and oxygen atoms in total. The van der Waals surface area contributed by atoms with Crippen molar-refractivity contribution in [2.24, 2.45) is 0 Å². The Balaban J connectivity index is 0.000000603. The van der Waals surface area contributed by atoms with Gasteiger partial charge in [0.25, 0.3) is 11.8 Å². The molecule has 2 aromatic heterocycles. The fraction of sp³-hybridized carbons (Fsp3) is 0.444. The van der Waals surface area contributed by atoms with Crippen LogP contribution in [0.3, 0.4) is 0 Å². The third kappa shape index (κ3) is 9.09. The van der Waals surface area contributed by atoms with Crippen LogP contribution in [0.1, 0.15) is 60.5 Å². The molecular weight excluding hydrogens is 630 g/mol. The molecule has 0 spiro atoms. The van der Waals surface area contributed by atoms with Crippen LogP contribution in [-0.2, 0) is 0 Å². The zero-order valence-corrected chi connectivity index (χ0v) is 29.6. The number of H-pyrrole nitrogens is 1. The molecule has 1 aliphatic rings. The summed E-state index contributed by atoms with van der Waals surface area (Å²) < 4.78 is 35.8. The number of aromatic nitrogens is 3. The Hall–Kier alpha value is -4.62. The van der Waals surface area contributed by atoms with E-state index < -0.39 is 23.3 Å². The molecule has 1 fully saturated rings. The number of amides is 2. The van der Waals surface area contributed by atoms with E-state index in [0.29, 0.717) is 36.6 Å². The number of nitrogens with zero attached hydrogens (tertiary/aromatic N) is 6. The number of nitrogens with one attached hydrogen (secondary N) is 2. The minimum absolute atomic E-state index is 0.0222. The van der Waals surface area contributed by atoms with Gasteiger partial charge in [-0.25, -0.2) is 18.7 Å². The summed E-state index contributed by atoms with van der Waals surface area (Å²) in [5.74, 6) is -2.57. The summed E-state index contributed by atoms with van der Waals surface area (Å²) in [6.45, 7) is 17.1. The first kappa shape index (κ1) is 37.2. The van der Waals surface area contributed by atoms with Gasteiger partial charge in [0.15, 0.2) is 23.2 Å². The molecule has 0 bridgehead atoms. The van der Waals surface area contributed by atoms with E-state index in [2.05, 4.69) is 50.8 Å². The van der Waals surface area contributed by atoms with Crippen LogP contribution in [0.15, 0.2) is 42.7 Å². The minimum Gasteiger partial charge on any atom is -0.435 e. The van der Waals surface area contributed by atoms with E-state index in [4.69, 9.17) is 4.74 Å². The van der Waals surface area contributed by atoms with Crippen LogP contribution >= 0.6 is 0 Å². The van der Waals surface area contributed by atoms with Gasteiger partial charge in [-0.05, 0) is 77.3 Å². The second-order valence-electron chi connectivity index (χ2n) is 12.1. The normalized spacial score (nSPS) is 13.3. The molecule has 13 heteroatoms. The van der Waals surface area contributed by atoms with Crippen molar-refractivity contribution in [2.75, 3.05) is 71.8 Å². The van der Waals surface area contributed by atoms with Crippen LogP contribution < -0.4 is 10.1 Å². The van der Waals surface area contributed by atoms with Crippen LogP contribution in [0.25, 0.3) is 10.9 Å². The van der Waals surface area contributed by atoms with Crippen molar-refractivity contribution in [3.05, 3.63) is 71.2 Å². The maximum Gasteiger partial charge on any atom is 0.262 e. The van der Waals surface area contributed by atoms with E-state index in [9.17, 15) is 14.0 Å². The smallest absolute Gasteiger partial charge is 0.262 e. The molecule has 49 heavy (non-hydrogen) atoms. The molecule has 2 amide bonds. The molecule has 264 valence electrons. The van der Waals surface area contributed by atoms with E-state index in [0.717, 1.165) is 19.2 Å². The number of ether oxygens (including phenoxy) is 1. The Kier molecular flexibility index (Phi) is 13.0. The van der Waals surface area contributed by atoms with Crippen molar-refractivity contribution in [2.45, 2.75) is 41.0 Å². The predicted octanol–water partition coefficient (Wildman–Crippen LogP) is 6.30. The van der Waals surface area contributed by atoms with Gasteiger partial charge >= 0.3 is 0 Å². The van der Waals surface area contributed by atoms with E-state index in [1.165, 1.54) is 43.3 Å². The summed E-state index contributed by atoms with van der Waals surface area (Å²) in [5, 5.41) is 3.11. The first-order valence-electron chi connectivity index (χ1n) is 16.8. The summed E-state index contributed by atoms with van der Waals surface area (Å²) in [4.78, 5) is 45.3. The van der Waals surface area contributed by atoms with Crippen molar-refractivity contribution in [1.82, 2.24) is 34.6 Å². The van der Waals surface area contributed by atoms with Crippen LogP contribution in [0.2, 0.25) is 0 Å². The number of benzene rings is 2. The molecule has 1 saturated heterocycles. The number of aryl methyl sites for hydroxylation is 1. The second-order valence-corrected chi connectivity index (χ2v) is 12.1. The number of rotatable bonds is 11. The maximum absolute atomic E-state index is 15.3. The Morgan fingerprint density at radius 2 is 1.65 bits per heavy atom. The molecule has 2 aromatic carbocycles. The Bertz CT molecular complexity index is 1720. The Labute approximate surface area is 287 Å². The second kappa shape index (κ2) is 17.2. The standard InChI is InChI=1S/C29H31F2N7O3.C7H17N/c1-5-37(4)29(40)23-26(35-19-8-6-18(7-9-19)28(39)38-12-10-36(3)11-13-38)32-16-33-27(23)41-22-15-21(30)25-20(24(22)31)14-17(2)34-25;1-4-7-8(5-2)6-3/h6-9,14-16,34H,5,10-13H2,1-4H3,(H,32,33,35);4-7H2,1-3H3. The first-order chi connectivity index (χ1) is 23.5. The molecule has 3 heterocycles. The van der Waals surface area contributed by atoms with Gasteiger partial charge in [-0.2, -0.15) is 0 Å². The average molecular weight is 679 g/mol. The van der Waals surface area contributed by atoms with Crippen LogP contribution in [0.5, 0.6) is 11.6 Å². The highest BCUT2D eigenvalue weighted by Crippen LogP contribution is 2.35. The van der Waals surface area contributed by atoms with Gasteiger partial charge < -0.3 is 34.6 Å². The molecule has 5 rings (SSSR count). The largest absolute Gasteiger partial charge is 0.435 e. The molecule has 4 aromatic rings. The van der Waals surface area contributed by atoms with Crippen molar-refractivity contribution in [3.63, 3.8) is 0 Å². The van der Waals surface area contributed by atoms with Crippen LogP contribution in [0.4, 0.5) is 20.3 Å². The van der Waals surface area contributed by atoms with Gasteiger partial charge in [-0.15, -0.1) is 0 Å². The summed E-state index contributed by atoms with van der Waals surface area (Å²) in [6.07, 6.45) is 2.45. The third-order valence-corrected chi connectivity index (χ3v) is 8.58. The number of anilines is 2. The summed E-state index contributed by atoms with van der Waals surface area (Å²) in [5.41, 5.74) is 1.65. The van der Waals surface area contributed by atoms with Crippen molar-refractivity contribution in [3.8, 4) is 11.6 Å². The van der Waals surface area contributed by atoms with Gasteiger partial charge in [-0.1, -0.05) is 20.8 Å². The van der Waals surface area contributed by atoms with E-state index in [-0.39, 0.29) is 34.1 Å². The van der Waals surface area contributed by atoms with Gasteiger partial charge in [0.2, 0.25) is 5.88 Å². The first-order valence-corrected chi connectivity index (χ1v) is 16.8. The summed E-state index contributed by atoms with van der Waals surface area (Å²) >= 11 is 0. The summed E-state index contributed by atoms with van der Waals surface area (Å²) in [6, 6.07) is 9.21. The molecule has 0 unspecified atom stereocenters. The minimum atomic E-state index is -0.790. The van der Waals surface area contributed by atoms with Crippen molar-refractivity contribution in [1.29, 1.82) is 0 Å². The third-order valence-electron chi connectivity index (χ3n) is 8.58. The number of halogens is 2. The van der Waals surface area contributed by atoms with Crippen molar-refractivity contribution < 1.29 is 23.1 Å². The lowest BCUT2D eigenvalue weighted by Gasteiger charge is -2.32. The van der Waals surface area contributed by atoms with E-state index in [1.54, 1.807) is 45.2 Å². The van der Waals surface area contributed by atoms with Crippen LogP contribution in [-0.4, -0.2) is 113 Å². The maximum atomic E-state index is 15.3. The number of carbonyl (C=O) groups excluding carboxylic acids is 2. The lowest BCUT2D eigenvalue weighted by atomic mass is 10.1. The van der Waals surface area contributed by atoms with Gasteiger partial charge in [0.1, 0.15) is 11.9 Å². The van der Waals surface area contributed by atoms with Gasteiger partial charge in [0, 0.05) is 68.2 Å². The number of likely N-dealkylation sites (N-methyl/N-ethyl adjacent to an activating group) is 1. The fourth-order valence-corrected chi connectivity index (χ4v) is 5.46. The molecule has 0 atom stereocenters. The highest BCUT2D eigenvalue weighted by Gasteiger charge is 2.26. The summed E-state index contributed by atoms with van der Waals surface area (Å²) in [7, 11) is 3.62. The van der Waals surface area contributed by atoms with Gasteiger partial charge in [-0.3, -0.25) is 9.59 Å². The highest BCUT2D eigenvalue weighted by molar-refractivity contribution is 6.01. The predicted molar refractivity (Wildman–Crippen MR) is 189 cm³/mol. The number of aromatic amines is 1. The zero-order chi connectivity index (χ0) is 35.7. The Morgan fingerprint density at radius 3 is 2.24 bits per heavy atom. The van der Waals surface area contributed by atoms with E-state index >= 15 is 4.39 Å². The number of hydrogen-bond donors (Lipinski definition) is 2. The zero-order valence-electron chi connectivity index (χ0n) is 29.6. The molecule has 1 aliphatic heterocycles. The number of carbonyl (C=O) groups is 2. The van der Waals surface area contributed by atoms with Gasteiger partial charge in [0.05, 0.1) is 5.52 Å². The lowest BCUT2D eigenvalue weighted by molar-refractivity contribution is 0.0663. The SMILES string of the molecule is CCCN(CC)CC.CCN(C)C(=O)c1c(Nc2ccc(C(=O)N3CCN(C)CC3)cc2)ncnc1Oc1cc(F)c2[nH]c(C)cc2c1F. The monoisotopic (exact) mass is 678 g/mol.